The lowest BCUT2D eigenvalue weighted by Gasteiger charge is -2.33. The molecule has 3 atom stereocenters. The number of unbranched alkanes of at least 4 members (excludes halogenated alkanes) is 4. The van der Waals surface area contributed by atoms with Crippen molar-refractivity contribution in [1.29, 1.82) is 0 Å². The number of hydrogen-bond acceptors (Lipinski definition) is 11. The van der Waals surface area contributed by atoms with Crippen LogP contribution >= 0.6 is 23.2 Å². The van der Waals surface area contributed by atoms with E-state index in [1.807, 2.05) is 11.0 Å². The number of benzene rings is 2. The Morgan fingerprint density at radius 1 is 1.07 bits per heavy atom. The minimum absolute atomic E-state index is 0.244. The summed E-state index contributed by atoms with van der Waals surface area (Å²) in [6.45, 7) is 4.34. The summed E-state index contributed by atoms with van der Waals surface area (Å²) in [5, 5.41) is 16.9. The van der Waals surface area contributed by atoms with Gasteiger partial charge in [0.05, 0.1) is 47.8 Å². The van der Waals surface area contributed by atoms with Crippen molar-refractivity contribution in [3.63, 3.8) is 0 Å². The van der Waals surface area contributed by atoms with Gasteiger partial charge in [0.25, 0.3) is 0 Å². The first-order valence-corrected chi connectivity index (χ1v) is 20.2. The average molecular weight is 811 g/mol. The molecule has 3 unspecified atom stereocenters. The van der Waals surface area contributed by atoms with Crippen molar-refractivity contribution in [2.24, 2.45) is 0 Å². The van der Waals surface area contributed by atoms with E-state index in [0.29, 0.717) is 76.8 Å². The summed E-state index contributed by atoms with van der Waals surface area (Å²) >= 11 is 12.7. The molecule has 15 heteroatoms. The lowest BCUT2D eigenvalue weighted by molar-refractivity contribution is -0.140. The zero-order chi connectivity index (χ0) is 39.0. The summed E-state index contributed by atoms with van der Waals surface area (Å²) in [7, 11) is 1.56. The van der Waals surface area contributed by atoms with Gasteiger partial charge in [-0.05, 0) is 93.0 Å². The maximum Gasteiger partial charge on any atom is 0.244 e. The van der Waals surface area contributed by atoms with Crippen LogP contribution in [0, 0.1) is 5.82 Å². The molecule has 3 saturated heterocycles. The second-order valence-electron chi connectivity index (χ2n) is 15.1. The number of aliphatic hydroxyl groups excluding tert-OH is 1. The van der Waals surface area contributed by atoms with E-state index in [2.05, 4.69) is 20.5 Å². The van der Waals surface area contributed by atoms with Crippen LogP contribution in [-0.2, 0) is 26.6 Å². The number of pyridine rings is 1. The molecule has 0 radical (unpaired) electrons. The van der Waals surface area contributed by atoms with Crippen molar-refractivity contribution < 1.29 is 38.0 Å². The normalized spacial score (nSPS) is 23.6. The molecule has 12 nitrogen and oxygen atoms in total. The second kappa shape index (κ2) is 16.5. The van der Waals surface area contributed by atoms with Gasteiger partial charge in [-0.15, -0.1) is 0 Å². The first kappa shape index (κ1) is 38.9. The number of ether oxygens (including phenoxy) is 4. The monoisotopic (exact) mass is 809 g/mol. The standard InChI is InChI=1S/C41H46Cl2FN5O7/c1-53-34-9-7-26-32(46-37-30(42)20-45-21-31(37)43)19-36(51)56-38(26)39(34)54-16-6-4-2-3-5-13-48-14-11-24(12-15-48)27-17-25(44)18-29-28(27)22-49(41(29)23-55-41)33-8-10-35(50)47-40(33)52/h7,9,17-21,24,33,36,51H,2-6,8,10-16,22-23H2,1H3,(H,45,46)(H,47,50,52). The zero-order valence-electron chi connectivity index (χ0n) is 31.3. The van der Waals surface area contributed by atoms with E-state index < -0.39 is 18.1 Å². The molecule has 5 aliphatic heterocycles. The number of epoxide rings is 1. The number of hydrogen-bond donors (Lipinski definition) is 3. The summed E-state index contributed by atoms with van der Waals surface area (Å²) in [4.78, 5) is 33.1. The van der Waals surface area contributed by atoms with Crippen LogP contribution in [0.15, 0.2) is 42.7 Å². The Hall–Kier alpha value is -3.98. The number of aliphatic hydroxyl groups is 1. The van der Waals surface area contributed by atoms with Crippen LogP contribution in [0.4, 0.5) is 10.1 Å². The number of amides is 2. The van der Waals surface area contributed by atoms with Gasteiger partial charge in [0, 0.05) is 42.6 Å². The Bertz CT molecular complexity index is 2000. The predicted molar refractivity (Wildman–Crippen MR) is 208 cm³/mol. The molecule has 298 valence electrons. The third kappa shape index (κ3) is 7.81. The Balaban J connectivity index is 0.788. The zero-order valence-corrected chi connectivity index (χ0v) is 32.8. The molecule has 5 aliphatic rings. The van der Waals surface area contributed by atoms with Crippen LogP contribution in [-0.4, -0.2) is 84.0 Å². The molecule has 0 bridgehead atoms. The molecule has 1 spiro atoms. The van der Waals surface area contributed by atoms with Gasteiger partial charge in [-0.1, -0.05) is 42.5 Å². The highest BCUT2D eigenvalue weighted by Crippen LogP contribution is 2.53. The molecular formula is C41H46Cl2FN5O7. The molecule has 1 aromatic heterocycles. The second-order valence-corrected chi connectivity index (χ2v) is 15.9. The van der Waals surface area contributed by atoms with E-state index in [1.165, 1.54) is 18.5 Å². The summed E-state index contributed by atoms with van der Waals surface area (Å²) in [5.41, 5.74) is 3.89. The molecule has 8 rings (SSSR count). The van der Waals surface area contributed by atoms with Crippen LogP contribution in [0.25, 0.3) is 5.70 Å². The summed E-state index contributed by atoms with van der Waals surface area (Å²) < 4.78 is 38.6. The van der Waals surface area contributed by atoms with E-state index in [4.69, 9.17) is 42.1 Å². The van der Waals surface area contributed by atoms with Gasteiger partial charge in [-0.2, -0.15) is 0 Å². The maximum absolute atomic E-state index is 15.1. The highest BCUT2D eigenvalue weighted by Gasteiger charge is 2.61. The van der Waals surface area contributed by atoms with Crippen molar-refractivity contribution >= 4 is 46.4 Å². The van der Waals surface area contributed by atoms with Crippen LogP contribution < -0.4 is 24.8 Å². The number of carbonyl (C=O) groups excluding carboxylic acids is 2. The van der Waals surface area contributed by atoms with E-state index >= 15 is 4.39 Å². The molecule has 56 heavy (non-hydrogen) atoms. The number of nitrogens with one attached hydrogen (secondary N) is 2. The Morgan fingerprint density at radius 3 is 2.55 bits per heavy atom. The van der Waals surface area contributed by atoms with Gasteiger partial charge in [0.1, 0.15) is 5.82 Å². The molecule has 6 heterocycles. The molecule has 0 saturated carbocycles. The number of imide groups is 1. The SMILES string of the molecule is COc1ccc2c(c1OCCCCCCCN1CCC(c3cc(F)cc4c3CN(C3CCC(=O)NC3=O)C43CO3)CC1)OC(O)C=C2Nc1c(Cl)cncc1Cl. The van der Waals surface area contributed by atoms with Gasteiger partial charge in [-0.25, -0.2) is 4.39 Å². The minimum Gasteiger partial charge on any atom is -0.493 e. The fourth-order valence-corrected chi connectivity index (χ4v) is 9.13. The lowest BCUT2D eigenvalue weighted by atomic mass is 9.84. The fourth-order valence-electron chi connectivity index (χ4n) is 8.67. The minimum atomic E-state index is -1.23. The summed E-state index contributed by atoms with van der Waals surface area (Å²) in [6, 6.07) is 6.42. The molecule has 0 aliphatic carbocycles. The van der Waals surface area contributed by atoms with Gasteiger partial charge in [-0.3, -0.25) is 24.8 Å². The highest BCUT2D eigenvalue weighted by molar-refractivity contribution is 6.39. The first-order chi connectivity index (χ1) is 27.1. The third-order valence-corrected chi connectivity index (χ3v) is 12.2. The number of fused-ring (bicyclic) bond motifs is 3. The number of likely N-dealkylation sites (tertiary alicyclic amines) is 1. The van der Waals surface area contributed by atoms with Crippen molar-refractivity contribution in [3.05, 3.63) is 80.9 Å². The lowest BCUT2D eigenvalue weighted by Crippen LogP contribution is -2.53. The molecular weight excluding hydrogens is 764 g/mol. The number of aromatic nitrogens is 1. The van der Waals surface area contributed by atoms with E-state index in [9.17, 15) is 14.7 Å². The van der Waals surface area contributed by atoms with Crippen LogP contribution in [0.5, 0.6) is 17.2 Å². The number of nitrogens with zero attached hydrogens (tertiary/aromatic N) is 3. The average Bonchev–Trinajstić information content (AvgIpc) is 3.92. The fraction of sp³-hybridized carbons (Fsp3) is 0.488. The third-order valence-electron chi connectivity index (χ3n) is 11.6. The van der Waals surface area contributed by atoms with Gasteiger partial charge < -0.3 is 34.3 Å². The molecule has 3 fully saturated rings. The number of carbonyl (C=O) groups is 2. The Kier molecular flexibility index (Phi) is 11.4. The van der Waals surface area contributed by atoms with Gasteiger partial charge in [0.2, 0.25) is 23.9 Å². The van der Waals surface area contributed by atoms with Crippen molar-refractivity contribution in [2.45, 2.75) is 88.3 Å². The summed E-state index contributed by atoms with van der Waals surface area (Å²) in [6.07, 6.45) is 11.0. The van der Waals surface area contributed by atoms with E-state index in [1.54, 1.807) is 25.3 Å². The quantitative estimate of drug-likeness (QED) is 0.0910. The Labute approximate surface area is 335 Å². The van der Waals surface area contributed by atoms with Crippen molar-refractivity contribution in [3.8, 4) is 17.2 Å². The number of anilines is 1. The molecule has 2 amide bonds. The van der Waals surface area contributed by atoms with Crippen LogP contribution in [0.3, 0.4) is 0 Å². The number of rotatable bonds is 14. The number of halogens is 3. The van der Waals surface area contributed by atoms with Crippen LogP contribution in [0.1, 0.15) is 86.0 Å². The van der Waals surface area contributed by atoms with Gasteiger partial charge in [0.15, 0.2) is 17.2 Å². The number of methoxy groups -OCH3 is 1. The molecule has 2 aromatic carbocycles. The topological polar surface area (TPSA) is 138 Å². The molecule has 3 N–H and O–H groups in total. The van der Waals surface area contributed by atoms with E-state index in [-0.39, 0.29) is 23.5 Å². The smallest absolute Gasteiger partial charge is 0.244 e. The van der Waals surface area contributed by atoms with Crippen LogP contribution in [0.2, 0.25) is 10.0 Å². The highest BCUT2D eigenvalue weighted by atomic mass is 35.5. The van der Waals surface area contributed by atoms with Crippen molar-refractivity contribution in [2.75, 3.05) is 45.3 Å². The van der Waals surface area contributed by atoms with E-state index in [0.717, 1.165) is 81.3 Å². The maximum atomic E-state index is 15.1. The summed E-state index contributed by atoms with van der Waals surface area (Å²) in [5.74, 6) is 0.715. The van der Waals surface area contributed by atoms with Crippen molar-refractivity contribution in [1.82, 2.24) is 20.1 Å². The largest absolute Gasteiger partial charge is 0.493 e. The van der Waals surface area contributed by atoms with Gasteiger partial charge >= 0.3 is 0 Å². The first-order valence-electron chi connectivity index (χ1n) is 19.4. The predicted octanol–water partition coefficient (Wildman–Crippen LogP) is 6.71. The molecule has 3 aromatic rings. The Morgan fingerprint density at radius 2 is 1.82 bits per heavy atom. The number of piperidine rings is 2.